The van der Waals surface area contributed by atoms with Crippen LogP contribution in [0.25, 0.3) is 0 Å². The minimum atomic E-state index is 0.343. The summed E-state index contributed by atoms with van der Waals surface area (Å²) in [6.45, 7) is 8.14. The van der Waals surface area contributed by atoms with Crippen molar-refractivity contribution in [2.75, 3.05) is 20.1 Å². The van der Waals surface area contributed by atoms with Crippen LogP contribution in [0.15, 0.2) is 18.2 Å². The fourth-order valence-corrected chi connectivity index (χ4v) is 1.96. The fourth-order valence-electron chi connectivity index (χ4n) is 1.96. The van der Waals surface area contributed by atoms with Crippen LogP contribution in [0, 0.1) is 13.8 Å². The molecule has 1 aromatic rings. The highest BCUT2D eigenvalue weighted by atomic mass is 15.1. The lowest BCUT2D eigenvalue weighted by Gasteiger charge is -2.27. The Balaban J connectivity index is 3.01. The summed E-state index contributed by atoms with van der Waals surface area (Å²) >= 11 is 0. The number of hydrogen-bond acceptors (Lipinski definition) is 2. The molecule has 0 fully saturated rings. The van der Waals surface area contributed by atoms with E-state index in [0.717, 1.165) is 6.54 Å². The van der Waals surface area contributed by atoms with Gasteiger partial charge in [0.2, 0.25) is 0 Å². The molecule has 1 unspecified atom stereocenters. The summed E-state index contributed by atoms with van der Waals surface area (Å²) in [7, 11) is 2.12. The summed E-state index contributed by atoms with van der Waals surface area (Å²) < 4.78 is 0. The molecule has 0 spiro atoms. The number of nitrogens with zero attached hydrogens (tertiary/aromatic N) is 1. The van der Waals surface area contributed by atoms with E-state index in [1.54, 1.807) is 0 Å². The predicted octanol–water partition coefficient (Wildman–Crippen LogP) is 2.25. The average molecular weight is 206 g/mol. The first-order valence-corrected chi connectivity index (χ1v) is 5.57. The van der Waals surface area contributed by atoms with Crippen molar-refractivity contribution in [3.8, 4) is 0 Å². The zero-order valence-corrected chi connectivity index (χ0v) is 10.2. The standard InChI is InChI=1S/C13H22N2/c1-5-15(4)13(9-14)12-7-6-10(2)8-11(12)3/h6-8,13H,5,9,14H2,1-4H3. The second-order valence-electron chi connectivity index (χ2n) is 4.18. The third-order valence-electron chi connectivity index (χ3n) is 3.04. The molecule has 0 bridgehead atoms. The van der Waals surface area contributed by atoms with Crippen LogP contribution in [0.2, 0.25) is 0 Å². The van der Waals surface area contributed by atoms with Gasteiger partial charge in [0.25, 0.3) is 0 Å². The minimum Gasteiger partial charge on any atom is -0.329 e. The maximum absolute atomic E-state index is 5.85. The van der Waals surface area contributed by atoms with Gasteiger partial charge in [-0.25, -0.2) is 0 Å². The molecule has 0 aliphatic carbocycles. The topological polar surface area (TPSA) is 29.3 Å². The van der Waals surface area contributed by atoms with Crippen molar-refractivity contribution in [3.05, 3.63) is 34.9 Å². The lowest BCUT2D eigenvalue weighted by atomic mass is 9.98. The van der Waals surface area contributed by atoms with Gasteiger partial charge in [-0.1, -0.05) is 30.7 Å². The van der Waals surface area contributed by atoms with Crippen LogP contribution in [0.1, 0.15) is 29.7 Å². The molecule has 1 aromatic carbocycles. The third kappa shape index (κ3) is 2.80. The lowest BCUT2D eigenvalue weighted by Crippen LogP contribution is -2.30. The summed E-state index contributed by atoms with van der Waals surface area (Å²) in [5, 5.41) is 0. The van der Waals surface area contributed by atoms with E-state index in [-0.39, 0.29) is 0 Å². The molecule has 0 saturated heterocycles. The molecule has 2 nitrogen and oxygen atoms in total. The molecule has 84 valence electrons. The first kappa shape index (κ1) is 12.2. The van der Waals surface area contributed by atoms with E-state index in [1.807, 2.05) is 0 Å². The van der Waals surface area contributed by atoms with Gasteiger partial charge in [-0.05, 0) is 38.6 Å². The number of likely N-dealkylation sites (N-methyl/N-ethyl adjacent to an activating group) is 1. The van der Waals surface area contributed by atoms with Crippen LogP contribution in [0.4, 0.5) is 0 Å². The van der Waals surface area contributed by atoms with Crippen LogP contribution in [-0.4, -0.2) is 25.0 Å². The Morgan fingerprint density at radius 2 is 2.00 bits per heavy atom. The maximum atomic E-state index is 5.85. The Bertz CT molecular complexity index is 320. The smallest absolute Gasteiger partial charge is 0.0469 e. The average Bonchev–Trinajstić information content (AvgIpc) is 2.21. The fraction of sp³-hybridized carbons (Fsp3) is 0.538. The van der Waals surface area contributed by atoms with Crippen molar-refractivity contribution >= 4 is 0 Å². The van der Waals surface area contributed by atoms with Crippen molar-refractivity contribution in [3.63, 3.8) is 0 Å². The highest BCUT2D eigenvalue weighted by Crippen LogP contribution is 2.22. The van der Waals surface area contributed by atoms with E-state index >= 15 is 0 Å². The lowest BCUT2D eigenvalue weighted by molar-refractivity contribution is 0.262. The van der Waals surface area contributed by atoms with Crippen LogP contribution in [0.3, 0.4) is 0 Å². The molecule has 0 aromatic heterocycles. The number of rotatable bonds is 4. The molecule has 0 aliphatic heterocycles. The molecule has 0 saturated carbocycles. The van der Waals surface area contributed by atoms with Gasteiger partial charge in [-0.2, -0.15) is 0 Å². The Labute approximate surface area is 93.1 Å². The Morgan fingerprint density at radius 1 is 1.33 bits per heavy atom. The summed E-state index contributed by atoms with van der Waals surface area (Å²) in [6.07, 6.45) is 0. The van der Waals surface area contributed by atoms with Gasteiger partial charge in [0.1, 0.15) is 0 Å². The van der Waals surface area contributed by atoms with E-state index in [1.165, 1.54) is 16.7 Å². The van der Waals surface area contributed by atoms with E-state index < -0.39 is 0 Å². The molecule has 1 atom stereocenters. The van der Waals surface area contributed by atoms with Gasteiger partial charge in [-0.3, -0.25) is 4.90 Å². The number of benzene rings is 1. The summed E-state index contributed by atoms with van der Waals surface area (Å²) in [5.41, 5.74) is 9.85. The number of aryl methyl sites for hydroxylation is 2. The monoisotopic (exact) mass is 206 g/mol. The third-order valence-corrected chi connectivity index (χ3v) is 3.04. The van der Waals surface area contributed by atoms with Gasteiger partial charge < -0.3 is 5.73 Å². The molecule has 0 amide bonds. The number of hydrogen-bond donors (Lipinski definition) is 1. The molecule has 2 N–H and O–H groups in total. The van der Waals surface area contributed by atoms with Crippen molar-refractivity contribution in [1.82, 2.24) is 4.90 Å². The van der Waals surface area contributed by atoms with E-state index in [0.29, 0.717) is 12.6 Å². The van der Waals surface area contributed by atoms with Gasteiger partial charge in [0.15, 0.2) is 0 Å². The molecule has 15 heavy (non-hydrogen) atoms. The normalized spacial score (nSPS) is 13.2. The molecule has 0 radical (unpaired) electrons. The van der Waals surface area contributed by atoms with E-state index in [2.05, 4.69) is 50.9 Å². The first-order valence-electron chi connectivity index (χ1n) is 5.57. The zero-order valence-electron chi connectivity index (χ0n) is 10.2. The second kappa shape index (κ2) is 5.29. The van der Waals surface area contributed by atoms with Crippen LogP contribution >= 0.6 is 0 Å². The molecule has 1 rings (SSSR count). The largest absolute Gasteiger partial charge is 0.329 e. The quantitative estimate of drug-likeness (QED) is 0.818. The summed E-state index contributed by atoms with van der Waals surface area (Å²) in [5.74, 6) is 0. The van der Waals surface area contributed by atoms with Crippen molar-refractivity contribution in [1.29, 1.82) is 0 Å². The summed E-state index contributed by atoms with van der Waals surface area (Å²) in [4.78, 5) is 2.29. The summed E-state index contributed by atoms with van der Waals surface area (Å²) in [6, 6.07) is 6.93. The predicted molar refractivity (Wildman–Crippen MR) is 66.0 cm³/mol. The Kier molecular flexibility index (Phi) is 4.30. The van der Waals surface area contributed by atoms with E-state index in [9.17, 15) is 0 Å². The Morgan fingerprint density at radius 3 is 2.47 bits per heavy atom. The molecule has 0 aliphatic rings. The SMILES string of the molecule is CCN(C)C(CN)c1ccc(C)cc1C. The van der Waals surface area contributed by atoms with Crippen molar-refractivity contribution in [2.45, 2.75) is 26.8 Å². The highest BCUT2D eigenvalue weighted by Gasteiger charge is 2.15. The van der Waals surface area contributed by atoms with Crippen LogP contribution in [-0.2, 0) is 0 Å². The number of nitrogens with two attached hydrogens (primary N) is 1. The highest BCUT2D eigenvalue weighted by molar-refractivity contribution is 5.33. The molecular weight excluding hydrogens is 184 g/mol. The van der Waals surface area contributed by atoms with Gasteiger partial charge >= 0.3 is 0 Å². The van der Waals surface area contributed by atoms with Crippen molar-refractivity contribution < 1.29 is 0 Å². The van der Waals surface area contributed by atoms with E-state index in [4.69, 9.17) is 5.73 Å². The molecule has 2 heteroatoms. The minimum absolute atomic E-state index is 0.343. The van der Waals surface area contributed by atoms with Crippen LogP contribution in [0.5, 0.6) is 0 Å². The zero-order chi connectivity index (χ0) is 11.4. The molecule has 0 heterocycles. The maximum Gasteiger partial charge on any atom is 0.0469 e. The van der Waals surface area contributed by atoms with Crippen LogP contribution < -0.4 is 5.73 Å². The van der Waals surface area contributed by atoms with Gasteiger partial charge in [0, 0.05) is 12.6 Å². The Hall–Kier alpha value is -0.860. The first-order chi connectivity index (χ1) is 7.10. The van der Waals surface area contributed by atoms with Crippen molar-refractivity contribution in [2.24, 2.45) is 5.73 Å². The van der Waals surface area contributed by atoms with Gasteiger partial charge in [-0.15, -0.1) is 0 Å². The molecular formula is C13H22N2. The second-order valence-corrected chi connectivity index (χ2v) is 4.18. The van der Waals surface area contributed by atoms with Gasteiger partial charge in [0.05, 0.1) is 0 Å².